The molecular formula is C17H23NSi+. The van der Waals surface area contributed by atoms with E-state index in [0.29, 0.717) is 6.04 Å². The highest BCUT2D eigenvalue weighted by Crippen LogP contribution is 2.22. The van der Waals surface area contributed by atoms with Crippen molar-refractivity contribution in [1.29, 1.82) is 0 Å². The molecule has 2 heteroatoms. The quantitative estimate of drug-likeness (QED) is 0.588. The lowest BCUT2D eigenvalue weighted by atomic mass is 10.0. The van der Waals surface area contributed by atoms with Crippen molar-refractivity contribution in [2.75, 3.05) is 0 Å². The first-order chi connectivity index (χ1) is 9.81. The van der Waals surface area contributed by atoms with Gasteiger partial charge in [-0.05, 0) is 36.6 Å². The second-order valence-electron chi connectivity index (χ2n) is 5.29. The van der Waals surface area contributed by atoms with Crippen LogP contribution in [0.15, 0.2) is 42.6 Å². The molecule has 0 fully saturated rings. The molecule has 99 valence electrons. The number of hydrogen-bond acceptors (Lipinski definition) is 0. The highest BCUT2D eigenvalue weighted by Gasteiger charge is 2.11. The number of aromatic nitrogens is 1. The summed E-state index contributed by atoms with van der Waals surface area (Å²) in [4.78, 5) is 0. The first kappa shape index (κ1) is 11.4. The lowest BCUT2D eigenvalue weighted by Gasteiger charge is -2.08. The third kappa shape index (κ3) is 3.54. The minimum absolute atomic E-state index is 0.599. The molecule has 0 atom stereocenters. The van der Waals surface area contributed by atoms with Crippen LogP contribution in [0.2, 0.25) is 19.1 Å². The van der Waals surface area contributed by atoms with Crippen molar-refractivity contribution in [3.05, 3.63) is 53.7 Å². The van der Waals surface area contributed by atoms with E-state index in [-0.39, 0.29) is 0 Å². The molecule has 1 heterocycles. The standard InChI is InChI=1S/C17H23NSi/c1-14-13-15(10-12-19(3)4)8-9-16(14)17-7-5-6-11-18(17)2/h5-9,11,13H,10,12H2,1-4H3/q+1/i10D2. The second-order valence-corrected chi connectivity index (χ2v) is 8.05. The van der Waals surface area contributed by atoms with Crippen molar-refractivity contribution in [1.82, 2.24) is 0 Å². The van der Waals surface area contributed by atoms with Gasteiger partial charge in [0.15, 0.2) is 6.20 Å². The van der Waals surface area contributed by atoms with E-state index in [4.69, 9.17) is 2.74 Å². The molecule has 0 unspecified atom stereocenters. The van der Waals surface area contributed by atoms with Gasteiger partial charge in [-0.25, -0.2) is 4.57 Å². The van der Waals surface area contributed by atoms with Crippen molar-refractivity contribution < 1.29 is 7.31 Å². The lowest BCUT2D eigenvalue weighted by molar-refractivity contribution is -0.660. The predicted molar refractivity (Wildman–Crippen MR) is 83.8 cm³/mol. The van der Waals surface area contributed by atoms with Gasteiger partial charge in [-0.2, -0.15) is 0 Å². The van der Waals surface area contributed by atoms with Gasteiger partial charge < -0.3 is 0 Å². The Morgan fingerprint density at radius 1 is 1.21 bits per heavy atom. The van der Waals surface area contributed by atoms with Crippen LogP contribution in [-0.2, 0) is 13.4 Å². The summed E-state index contributed by atoms with van der Waals surface area (Å²) in [5.74, 6) is 0. The van der Waals surface area contributed by atoms with Crippen molar-refractivity contribution in [2.45, 2.75) is 32.4 Å². The molecule has 0 bridgehead atoms. The van der Waals surface area contributed by atoms with Gasteiger partial charge >= 0.3 is 0 Å². The Labute approximate surface area is 121 Å². The summed E-state index contributed by atoms with van der Waals surface area (Å²) in [6.07, 6.45) is 0.810. The summed E-state index contributed by atoms with van der Waals surface area (Å²) in [5, 5.41) is 0. The summed E-state index contributed by atoms with van der Waals surface area (Å²) >= 11 is 0. The SMILES string of the molecule is [2H]C([2H])(C[Si](C)C)c1ccc(-c2cccc[n+]2C)c(C)c1. The monoisotopic (exact) mass is 271 g/mol. The number of aryl methyl sites for hydroxylation is 3. The number of rotatable bonds is 4. The molecule has 2 rings (SSSR count). The van der Waals surface area contributed by atoms with E-state index in [1.165, 1.54) is 0 Å². The normalized spacial score (nSPS) is 13.3. The molecule has 2 aromatic rings. The van der Waals surface area contributed by atoms with Crippen LogP contribution in [0.4, 0.5) is 0 Å². The number of benzene rings is 1. The minimum atomic E-state index is -1.22. The van der Waals surface area contributed by atoms with E-state index in [9.17, 15) is 0 Å². The molecule has 0 N–H and O–H groups in total. The zero-order valence-corrected chi connectivity index (χ0v) is 13.2. The fraction of sp³-hybridized carbons (Fsp3) is 0.353. The average molecular weight is 271 g/mol. The van der Waals surface area contributed by atoms with Crippen molar-refractivity contribution in [2.24, 2.45) is 7.05 Å². The summed E-state index contributed by atoms with van der Waals surface area (Å²) in [6.45, 7) is 6.38. The van der Waals surface area contributed by atoms with Gasteiger partial charge in [-0.15, -0.1) is 0 Å². The fourth-order valence-corrected chi connectivity index (χ4v) is 2.70. The number of nitrogens with zero attached hydrogens (tertiary/aromatic N) is 1. The largest absolute Gasteiger partial charge is 0.212 e. The van der Waals surface area contributed by atoms with E-state index in [2.05, 4.69) is 36.7 Å². The maximum Gasteiger partial charge on any atom is 0.212 e. The third-order valence-corrected chi connectivity index (χ3v) is 4.09. The smallest absolute Gasteiger partial charge is 0.201 e. The van der Waals surface area contributed by atoms with E-state index >= 15 is 0 Å². The van der Waals surface area contributed by atoms with Crippen molar-refractivity contribution in [3.8, 4) is 11.3 Å². The molecule has 0 aliphatic carbocycles. The van der Waals surface area contributed by atoms with E-state index in [1.54, 1.807) is 0 Å². The summed E-state index contributed by atoms with van der Waals surface area (Å²) in [5.41, 5.74) is 4.24. The Hall–Kier alpha value is -1.41. The van der Waals surface area contributed by atoms with Crippen LogP contribution < -0.4 is 4.57 Å². The summed E-state index contributed by atoms with van der Waals surface area (Å²) < 4.78 is 18.7. The number of pyridine rings is 1. The first-order valence-corrected chi connectivity index (χ1v) is 9.37. The molecule has 1 aromatic heterocycles. The van der Waals surface area contributed by atoms with Crippen molar-refractivity contribution in [3.63, 3.8) is 0 Å². The van der Waals surface area contributed by atoms with Crippen LogP contribution in [0.3, 0.4) is 0 Å². The zero-order chi connectivity index (χ0) is 15.6. The van der Waals surface area contributed by atoms with Crippen LogP contribution in [-0.4, -0.2) is 8.80 Å². The van der Waals surface area contributed by atoms with Gasteiger partial charge in [0.2, 0.25) is 5.69 Å². The molecule has 0 aliphatic heterocycles. The maximum absolute atomic E-state index is 8.30. The molecular weight excluding hydrogens is 246 g/mol. The Morgan fingerprint density at radius 3 is 2.63 bits per heavy atom. The average Bonchev–Trinajstić information content (AvgIpc) is 2.38. The van der Waals surface area contributed by atoms with Gasteiger partial charge in [-0.3, -0.25) is 0 Å². The van der Waals surface area contributed by atoms with E-state index in [1.807, 2.05) is 37.5 Å². The van der Waals surface area contributed by atoms with Crippen LogP contribution in [0.5, 0.6) is 0 Å². The predicted octanol–water partition coefficient (Wildman–Crippen LogP) is 3.78. The number of hydrogen-bond donors (Lipinski definition) is 0. The summed E-state index contributed by atoms with van der Waals surface area (Å²) in [6, 6.07) is 12.8. The Balaban J connectivity index is 2.41. The molecule has 1 nitrogen and oxygen atoms in total. The highest BCUT2D eigenvalue weighted by molar-refractivity contribution is 6.55. The van der Waals surface area contributed by atoms with Crippen LogP contribution in [0, 0.1) is 6.92 Å². The van der Waals surface area contributed by atoms with Gasteiger partial charge in [0.05, 0.1) is 0 Å². The van der Waals surface area contributed by atoms with Crippen molar-refractivity contribution >= 4 is 8.80 Å². The van der Waals surface area contributed by atoms with Crippen LogP contribution in [0.25, 0.3) is 11.3 Å². The second kappa shape index (κ2) is 6.16. The molecule has 1 aromatic carbocycles. The lowest BCUT2D eigenvalue weighted by Crippen LogP contribution is -2.30. The molecule has 1 radical (unpaired) electrons. The van der Waals surface area contributed by atoms with E-state index < -0.39 is 15.2 Å². The van der Waals surface area contributed by atoms with Crippen LogP contribution >= 0.6 is 0 Å². The van der Waals surface area contributed by atoms with Crippen LogP contribution in [0.1, 0.15) is 13.9 Å². The molecule has 0 saturated heterocycles. The van der Waals surface area contributed by atoms with E-state index in [0.717, 1.165) is 22.4 Å². The maximum atomic E-state index is 8.30. The molecule has 0 saturated carbocycles. The van der Waals surface area contributed by atoms with Gasteiger partial charge in [0.1, 0.15) is 7.05 Å². The van der Waals surface area contributed by atoms with Gasteiger partial charge in [-0.1, -0.05) is 31.3 Å². The third-order valence-electron chi connectivity index (χ3n) is 3.20. The minimum Gasteiger partial charge on any atom is -0.201 e. The topological polar surface area (TPSA) is 3.88 Å². The first-order valence-electron chi connectivity index (χ1n) is 7.66. The Bertz CT molecular complexity index is 638. The molecule has 19 heavy (non-hydrogen) atoms. The van der Waals surface area contributed by atoms with Gasteiger partial charge in [0.25, 0.3) is 0 Å². The van der Waals surface area contributed by atoms with Gasteiger partial charge in [0, 0.05) is 29.2 Å². The zero-order valence-electron chi connectivity index (χ0n) is 14.2. The Kier molecular flexibility index (Phi) is 3.70. The molecule has 0 amide bonds. The summed E-state index contributed by atoms with van der Waals surface area (Å²) in [7, 11) is 1.43. The molecule has 0 aliphatic rings. The highest BCUT2D eigenvalue weighted by atomic mass is 28.3. The molecule has 0 spiro atoms. The Morgan fingerprint density at radius 2 is 2.00 bits per heavy atom. The fourth-order valence-electron chi connectivity index (χ4n) is 2.14.